The minimum absolute atomic E-state index is 0.132. The molecule has 0 aromatic heterocycles. The molecule has 0 fully saturated rings. The van der Waals surface area contributed by atoms with Gasteiger partial charge in [0.25, 0.3) is 0 Å². The summed E-state index contributed by atoms with van der Waals surface area (Å²) in [6.45, 7) is 2.19. The molecule has 20 heavy (non-hydrogen) atoms. The van der Waals surface area contributed by atoms with Crippen molar-refractivity contribution in [1.29, 1.82) is 0 Å². The maximum absolute atomic E-state index is 11.2. The van der Waals surface area contributed by atoms with Crippen LogP contribution in [0.5, 0.6) is 5.75 Å². The second kappa shape index (κ2) is 6.39. The predicted octanol–water partition coefficient (Wildman–Crippen LogP) is 2.80. The summed E-state index contributed by atoms with van der Waals surface area (Å²) >= 11 is 0. The molecule has 1 atom stereocenters. The van der Waals surface area contributed by atoms with Crippen molar-refractivity contribution in [3.63, 3.8) is 0 Å². The number of hydrogen-bond donors (Lipinski definition) is 1. The molecule has 106 valence electrons. The number of methoxy groups -OCH3 is 1. The van der Waals surface area contributed by atoms with Crippen molar-refractivity contribution < 1.29 is 14.3 Å². The van der Waals surface area contributed by atoms with Crippen molar-refractivity contribution in [3.8, 4) is 5.75 Å². The fourth-order valence-electron chi connectivity index (χ4n) is 2.12. The van der Waals surface area contributed by atoms with Gasteiger partial charge in [-0.15, -0.1) is 0 Å². The lowest BCUT2D eigenvalue weighted by Crippen LogP contribution is -2.11. The third-order valence-corrected chi connectivity index (χ3v) is 3.18. The fraction of sp³-hybridized carbons (Fsp3) is 0.312. The van der Waals surface area contributed by atoms with Crippen LogP contribution in [0.25, 0.3) is 10.8 Å². The van der Waals surface area contributed by atoms with E-state index in [1.807, 2.05) is 43.3 Å². The van der Waals surface area contributed by atoms with Crippen LogP contribution in [-0.2, 0) is 9.53 Å². The molecule has 0 aliphatic carbocycles. The standard InChI is InChI=1S/C16H19NO3/c1-11(17)13-8-7-12-5-3-4-6-14(12)16(13)20-10-9-15(18)19-2/h3-8,11H,9-10,17H2,1-2H3/t11-/m1/s1. The number of ether oxygens (including phenoxy) is 2. The average Bonchev–Trinajstić information content (AvgIpc) is 2.46. The molecule has 0 aliphatic heterocycles. The third-order valence-electron chi connectivity index (χ3n) is 3.18. The number of carbonyl (C=O) groups is 1. The van der Waals surface area contributed by atoms with E-state index in [2.05, 4.69) is 4.74 Å². The molecule has 0 saturated carbocycles. The number of carbonyl (C=O) groups excluding carboxylic acids is 1. The van der Waals surface area contributed by atoms with E-state index < -0.39 is 0 Å². The van der Waals surface area contributed by atoms with Gasteiger partial charge in [-0.25, -0.2) is 0 Å². The van der Waals surface area contributed by atoms with Crippen LogP contribution in [0.4, 0.5) is 0 Å². The Morgan fingerprint density at radius 2 is 2.00 bits per heavy atom. The Bertz CT molecular complexity index is 608. The first-order chi connectivity index (χ1) is 9.63. The summed E-state index contributed by atoms with van der Waals surface area (Å²) < 4.78 is 10.4. The van der Waals surface area contributed by atoms with E-state index in [0.29, 0.717) is 0 Å². The second-order valence-corrected chi connectivity index (χ2v) is 4.67. The van der Waals surface area contributed by atoms with Crippen LogP contribution in [0.15, 0.2) is 36.4 Å². The molecule has 2 rings (SSSR count). The monoisotopic (exact) mass is 273 g/mol. The summed E-state index contributed by atoms with van der Waals surface area (Å²) in [7, 11) is 1.37. The van der Waals surface area contributed by atoms with Crippen LogP contribution in [0.3, 0.4) is 0 Å². The number of esters is 1. The SMILES string of the molecule is COC(=O)CCOc1c([C@@H](C)N)ccc2ccccc12. The van der Waals surface area contributed by atoms with Crippen molar-refractivity contribution in [2.75, 3.05) is 13.7 Å². The van der Waals surface area contributed by atoms with Crippen LogP contribution >= 0.6 is 0 Å². The van der Waals surface area contributed by atoms with E-state index in [1.54, 1.807) is 0 Å². The van der Waals surface area contributed by atoms with Crippen molar-refractivity contribution in [1.82, 2.24) is 0 Å². The maximum Gasteiger partial charge on any atom is 0.308 e. The summed E-state index contributed by atoms with van der Waals surface area (Å²) in [5.74, 6) is 0.467. The Morgan fingerprint density at radius 3 is 2.70 bits per heavy atom. The van der Waals surface area contributed by atoms with E-state index in [9.17, 15) is 4.79 Å². The second-order valence-electron chi connectivity index (χ2n) is 4.67. The van der Waals surface area contributed by atoms with Crippen LogP contribution in [0, 0.1) is 0 Å². The van der Waals surface area contributed by atoms with Crippen molar-refractivity contribution in [2.24, 2.45) is 5.73 Å². The summed E-state index contributed by atoms with van der Waals surface area (Å²) in [4.78, 5) is 11.2. The molecule has 0 heterocycles. The molecule has 0 spiro atoms. The van der Waals surface area contributed by atoms with Gasteiger partial charge in [0.15, 0.2) is 0 Å². The van der Waals surface area contributed by atoms with Gasteiger partial charge in [0.05, 0.1) is 20.1 Å². The molecule has 0 saturated heterocycles. The van der Waals surface area contributed by atoms with Gasteiger partial charge in [0.1, 0.15) is 5.75 Å². The zero-order valence-corrected chi connectivity index (χ0v) is 11.8. The third kappa shape index (κ3) is 3.08. The maximum atomic E-state index is 11.2. The van der Waals surface area contributed by atoms with E-state index >= 15 is 0 Å². The van der Waals surface area contributed by atoms with Crippen LogP contribution < -0.4 is 10.5 Å². The Hall–Kier alpha value is -2.07. The first-order valence-electron chi connectivity index (χ1n) is 6.60. The predicted molar refractivity (Wildman–Crippen MR) is 78.7 cm³/mol. The minimum atomic E-state index is -0.285. The van der Waals surface area contributed by atoms with Gasteiger partial charge in [0.2, 0.25) is 0 Å². The van der Waals surface area contributed by atoms with Crippen LogP contribution in [-0.4, -0.2) is 19.7 Å². The number of nitrogens with two attached hydrogens (primary N) is 1. The topological polar surface area (TPSA) is 61.5 Å². The van der Waals surface area contributed by atoms with Gasteiger partial charge in [-0.05, 0) is 12.3 Å². The Morgan fingerprint density at radius 1 is 1.25 bits per heavy atom. The lowest BCUT2D eigenvalue weighted by molar-refractivity contribution is -0.141. The van der Waals surface area contributed by atoms with Gasteiger partial charge in [-0.3, -0.25) is 4.79 Å². The highest BCUT2D eigenvalue weighted by Crippen LogP contribution is 2.32. The van der Waals surface area contributed by atoms with Crippen molar-refractivity contribution in [3.05, 3.63) is 42.0 Å². The fourth-order valence-corrected chi connectivity index (χ4v) is 2.12. The lowest BCUT2D eigenvalue weighted by Gasteiger charge is -2.16. The molecule has 4 heteroatoms. The Labute approximate surface area is 118 Å². The van der Waals surface area contributed by atoms with E-state index in [0.717, 1.165) is 22.1 Å². The number of hydrogen-bond acceptors (Lipinski definition) is 4. The van der Waals surface area contributed by atoms with Gasteiger partial charge in [-0.1, -0.05) is 36.4 Å². The van der Waals surface area contributed by atoms with E-state index in [4.69, 9.17) is 10.5 Å². The molecule has 0 amide bonds. The quantitative estimate of drug-likeness (QED) is 0.851. The van der Waals surface area contributed by atoms with Crippen LogP contribution in [0.2, 0.25) is 0 Å². The number of fused-ring (bicyclic) bond motifs is 1. The highest BCUT2D eigenvalue weighted by Gasteiger charge is 2.12. The molecule has 2 N–H and O–H groups in total. The molecule has 0 unspecified atom stereocenters. The summed E-state index contributed by atoms with van der Waals surface area (Å²) in [6.07, 6.45) is 0.220. The van der Waals surface area contributed by atoms with Gasteiger partial charge in [-0.2, -0.15) is 0 Å². The number of benzene rings is 2. The summed E-state index contributed by atoms with van der Waals surface area (Å²) in [5.41, 5.74) is 6.93. The minimum Gasteiger partial charge on any atom is -0.492 e. The van der Waals surface area contributed by atoms with Gasteiger partial charge < -0.3 is 15.2 Å². The molecule has 0 aliphatic rings. The zero-order valence-electron chi connectivity index (χ0n) is 11.8. The molecule has 4 nitrogen and oxygen atoms in total. The Balaban J connectivity index is 2.32. The van der Waals surface area contributed by atoms with Gasteiger partial charge in [0, 0.05) is 17.0 Å². The lowest BCUT2D eigenvalue weighted by atomic mass is 10.0. The molecule has 2 aromatic rings. The largest absolute Gasteiger partial charge is 0.492 e. The summed E-state index contributed by atoms with van der Waals surface area (Å²) in [5, 5.41) is 2.09. The average molecular weight is 273 g/mol. The van der Waals surface area contributed by atoms with Gasteiger partial charge >= 0.3 is 5.97 Å². The zero-order chi connectivity index (χ0) is 14.5. The number of rotatable bonds is 5. The van der Waals surface area contributed by atoms with E-state index in [1.165, 1.54) is 7.11 Å². The molecular formula is C16H19NO3. The Kier molecular flexibility index (Phi) is 4.58. The molecule has 0 bridgehead atoms. The molecule has 2 aromatic carbocycles. The molecular weight excluding hydrogens is 254 g/mol. The first kappa shape index (κ1) is 14.3. The first-order valence-corrected chi connectivity index (χ1v) is 6.60. The molecule has 0 radical (unpaired) electrons. The van der Waals surface area contributed by atoms with Crippen molar-refractivity contribution in [2.45, 2.75) is 19.4 Å². The highest BCUT2D eigenvalue weighted by atomic mass is 16.5. The van der Waals surface area contributed by atoms with Crippen LogP contribution in [0.1, 0.15) is 24.9 Å². The highest BCUT2D eigenvalue weighted by molar-refractivity contribution is 5.89. The van der Waals surface area contributed by atoms with Crippen molar-refractivity contribution >= 4 is 16.7 Å². The smallest absolute Gasteiger partial charge is 0.308 e. The summed E-state index contributed by atoms with van der Waals surface area (Å²) in [6, 6.07) is 11.8. The van der Waals surface area contributed by atoms with E-state index in [-0.39, 0.29) is 25.0 Å². The normalized spacial score (nSPS) is 12.2.